The average molecular weight is 182 g/mol. The molecular formula is C13H10O. The van der Waals surface area contributed by atoms with E-state index < -0.39 is 0 Å². The Bertz CT molecular complexity index is 391. The predicted molar refractivity (Wildman–Crippen MR) is 58.5 cm³/mol. The Hall–Kier alpha value is -2.07. The van der Waals surface area contributed by atoms with E-state index in [0.29, 0.717) is 11.9 Å². The van der Waals surface area contributed by atoms with Gasteiger partial charge < -0.3 is 0 Å². The largest absolute Gasteiger partial charge is 0.299 e. The molecule has 0 heterocycles. The molecule has 68 valence electrons. The molecule has 1 aromatic rings. The van der Waals surface area contributed by atoms with Crippen molar-refractivity contribution in [3.63, 3.8) is 0 Å². The fourth-order valence-electron chi connectivity index (χ4n) is 0.975. The van der Waals surface area contributed by atoms with E-state index in [2.05, 4.69) is 5.92 Å². The second kappa shape index (κ2) is 5.55. The van der Waals surface area contributed by atoms with Crippen molar-refractivity contribution in [1.82, 2.24) is 0 Å². The lowest BCUT2D eigenvalue weighted by atomic mass is 10.1. The van der Waals surface area contributed by atoms with Gasteiger partial charge in [0.1, 0.15) is 6.29 Å². The zero-order chi connectivity index (χ0) is 10.2. The summed E-state index contributed by atoms with van der Waals surface area (Å²) in [5, 5.41) is 0. The molecule has 1 heteroatoms. The van der Waals surface area contributed by atoms with Crippen molar-refractivity contribution in [2.45, 2.75) is 0 Å². The SMILES string of the molecule is C#CC(/C=C/c1ccccc1)=C/C=O. The number of aldehydes is 1. The van der Waals surface area contributed by atoms with E-state index in [9.17, 15) is 4.79 Å². The molecule has 0 atom stereocenters. The Kier molecular flexibility index (Phi) is 3.97. The van der Waals surface area contributed by atoms with Gasteiger partial charge in [0.05, 0.1) is 0 Å². The van der Waals surface area contributed by atoms with Crippen LogP contribution < -0.4 is 0 Å². The molecule has 0 spiro atoms. The van der Waals surface area contributed by atoms with Crippen LogP contribution in [-0.2, 0) is 4.79 Å². The summed E-state index contributed by atoms with van der Waals surface area (Å²) in [5.74, 6) is 2.42. The summed E-state index contributed by atoms with van der Waals surface area (Å²) in [6.07, 6.45) is 10.9. The molecule has 0 aliphatic heterocycles. The summed E-state index contributed by atoms with van der Waals surface area (Å²) in [6, 6.07) is 9.76. The number of allylic oxidation sites excluding steroid dienone is 3. The average Bonchev–Trinajstić information content (AvgIpc) is 2.25. The smallest absolute Gasteiger partial charge is 0.144 e. The molecule has 0 aliphatic carbocycles. The maximum absolute atomic E-state index is 10.2. The van der Waals surface area contributed by atoms with Gasteiger partial charge in [0.15, 0.2) is 0 Å². The van der Waals surface area contributed by atoms with E-state index in [1.54, 1.807) is 6.08 Å². The van der Waals surface area contributed by atoms with E-state index in [0.717, 1.165) is 5.56 Å². The molecule has 0 saturated carbocycles. The van der Waals surface area contributed by atoms with Crippen LogP contribution in [0, 0.1) is 12.3 Å². The molecule has 0 fully saturated rings. The normalized spacial score (nSPS) is 11.2. The topological polar surface area (TPSA) is 17.1 Å². The monoisotopic (exact) mass is 182 g/mol. The Morgan fingerprint density at radius 3 is 2.57 bits per heavy atom. The van der Waals surface area contributed by atoms with Gasteiger partial charge in [-0.2, -0.15) is 0 Å². The molecule has 0 aliphatic rings. The molecule has 0 aromatic heterocycles. The van der Waals surface area contributed by atoms with Crippen molar-refractivity contribution in [3.05, 3.63) is 53.6 Å². The van der Waals surface area contributed by atoms with Gasteiger partial charge in [-0.3, -0.25) is 4.79 Å². The maximum Gasteiger partial charge on any atom is 0.144 e. The number of rotatable bonds is 3. The van der Waals surface area contributed by atoms with Crippen LogP contribution in [0.2, 0.25) is 0 Å². The first-order valence-corrected chi connectivity index (χ1v) is 4.22. The minimum absolute atomic E-state index is 0.573. The summed E-state index contributed by atoms with van der Waals surface area (Å²) in [5.41, 5.74) is 1.63. The minimum Gasteiger partial charge on any atom is -0.299 e. The van der Waals surface area contributed by atoms with Crippen molar-refractivity contribution in [2.75, 3.05) is 0 Å². The molecule has 1 aromatic carbocycles. The quantitative estimate of drug-likeness (QED) is 0.304. The molecule has 1 rings (SSSR count). The fourth-order valence-corrected chi connectivity index (χ4v) is 0.975. The number of hydrogen-bond donors (Lipinski definition) is 0. The summed E-state index contributed by atoms with van der Waals surface area (Å²) in [6.45, 7) is 0. The van der Waals surface area contributed by atoms with Crippen molar-refractivity contribution in [2.24, 2.45) is 0 Å². The van der Waals surface area contributed by atoms with E-state index >= 15 is 0 Å². The molecule has 14 heavy (non-hydrogen) atoms. The number of carbonyl (C=O) groups excluding carboxylic acids is 1. The summed E-state index contributed by atoms with van der Waals surface area (Å²) in [4.78, 5) is 10.2. The molecule has 0 unspecified atom stereocenters. The standard InChI is InChI=1S/C13H10O/c1-2-12(10-11-14)8-9-13-6-4-3-5-7-13/h1,3-11H/b9-8+,12-10-. The fraction of sp³-hybridized carbons (Fsp3) is 0. The maximum atomic E-state index is 10.2. The highest BCUT2D eigenvalue weighted by Crippen LogP contribution is 2.03. The van der Waals surface area contributed by atoms with E-state index in [1.807, 2.05) is 36.4 Å². The van der Waals surface area contributed by atoms with E-state index in [1.165, 1.54) is 6.08 Å². The van der Waals surface area contributed by atoms with Crippen LogP contribution in [0.4, 0.5) is 0 Å². The molecule has 1 nitrogen and oxygen atoms in total. The van der Waals surface area contributed by atoms with E-state index in [-0.39, 0.29) is 0 Å². The first kappa shape index (κ1) is 10.0. The van der Waals surface area contributed by atoms with Gasteiger partial charge in [0.25, 0.3) is 0 Å². The van der Waals surface area contributed by atoms with Crippen LogP contribution in [0.1, 0.15) is 5.56 Å². The van der Waals surface area contributed by atoms with Gasteiger partial charge in [0.2, 0.25) is 0 Å². The van der Waals surface area contributed by atoms with Crippen LogP contribution in [0.15, 0.2) is 48.1 Å². The third kappa shape index (κ3) is 3.12. The van der Waals surface area contributed by atoms with Crippen molar-refractivity contribution < 1.29 is 4.79 Å². The Morgan fingerprint density at radius 1 is 1.29 bits per heavy atom. The first-order valence-electron chi connectivity index (χ1n) is 4.22. The molecule has 0 N–H and O–H groups in total. The summed E-state index contributed by atoms with van der Waals surface area (Å²) < 4.78 is 0. The number of carbonyl (C=O) groups is 1. The van der Waals surface area contributed by atoms with Crippen molar-refractivity contribution in [3.8, 4) is 12.3 Å². The second-order valence-corrected chi connectivity index (χ2v) is 2.65. The number of terminal acetylenes is 1. The van der Waals surface area contributed by atoms with E-state index in [4.69, 9.17) is 6.42 Å². The third-order valence-electron chi connectivity index (χ3n) is 1.67. The minimum atomic E-state index is 0.573. The lowest BCUT2D eigenvalue weighted by Gasteiger charge is -1.90. The highest BCUT2D eigenvalue weighted by Gasteiger charge is 1.85. The molecule has 0 saturated heterocycles. The number of hydrogen-bond acceptors (Lipinski definition) is 1. The molecular weight excluding hydrogens is 172 g/mol. The van der Waals surface area contributed by atoms with Gasteiger partial charge in [0, 0.05) is 5.57 Å². The van der Waals surface area contributed by atoms with Crippen LogP contribution in [0.25, 0.3) is 6.08 Å². The second-order valence-electron chi connectivity index (χ2n) is 2.65. The Balaban J connectivity index is 2.79. The van der Waals surface area contributed by atoms with Gasteiger partial charge in [-0.1, -0.05) is 42.3 Å². The predicted octanol–water partition coefficient (Wildman–Crippen LogP) is 2.46. The van der Waals surface area contributed by atoms with Crippen molar-refractivity contribution >= 4 is 12.4 Å². The first-order chi connectivity index (χ1) is 6.86. The summed E-state index contributed by atoms with van der Waals surface area (Å²) >= 11 is 0. The van der Waals surface area contributed by atoms with Gasteiger partial charge in [-0.05, 0) is 17.7 Å². The molecule has 0 radical (unpaired) electrons. The van der Waals surface area contributed by atoms with Gasteiger partial charge in [-0.25, -0.2) is 0 Å². The zero-order valence-corrected chi connectivity index (χ0v) is 7.68. The van der Waals surface area contributed by atoms with Crippen LogP contribution in [0.5, 0.6) is 0 Å². The summed E-state index contributed by atoms with van der Waals surface area (Å²) in [7, 11) is 0. The van der Waals surface area contributed by atoms with Crippen LogP contribution >= 0.6 is 0 Å². The molecule has 0 bridgehead atoms. The Labute approximate surface area is 83.8 Å². The highest BCUT2D eigenvalue weighted by atomic mass is 16.1. The lowest BCUT2D eigenvalue weighted by molar-refractivity contribution is -0.104. The zero-order valence-electron chi connectivity index (χ0n) is 7.68. The van der Waals surface area contributed by atoms with Crippen LogP contribution in [0.3, 0.4) is 0 Å². The van der Waals surface area contributed by atoms with Crippen LogP contribution in [-0.4, -0.2) is 6.29 Å². The Morgan fingerprint density at radius 2 is 2.00 bits per heavy atom. The number of benzene rings is 1. The van der Waals surface area contributed by atoms with Crippen molar-refractivity contribution in [1.29, 1.82) is 0 Å². The lowest BCUT2D eigenvalue weighted by Crippen LogP contribution is -1.74. The molecule has 0 amide bonds. The van der Waals surface area contributed by atoms with Gasteiger partial charge >= 0.3 is 0 Å². The van der Waals surface area contributed by atoms with Gasteiger partial charge in [-0.15, -0.1) is 6.42 Å². The highest BCUT2D eigenvalue weighted by molar-refractivity contribution is 5.71. The third-order valence-corrected chi connectivity index (χ3v) is 1.67.